The lowest BCUT2D eigenvalue weighted by Crippen LogP contribution is -2.41. The van der Waals surface area contributed by atoms with Crippen molar-refractivity contribution in [3.63, 3.8) is 0 Å². The molecule has 5 nitrogen and oxygen atoms in total. The lowest BCUT2D eigenvalue weighted by atomic mass is 9.81. The largest absolute Gasteiger partial charge is 0.441 e. The molecule has 2 aromatic rings. The van der Waals surface area contributed by atoms with Crippen LogP contribution in [0.5, 0.6) is 0 Å². The smallest absolute Gasteiger partial charge is 0.231 e. The van der Waals surface area contributed by atoms with Crippen molar-refractivity contribution < 1.29 is 9.21 Å². The molecule has 0 aliphatic carbocycles. The highest BCUT2D eigenvalue weighted by Crippen LogP contribution is 2.28. The molecule has 1 aromatic heterocycles. The second-order valence-corrected chi connectivity index (χ2v) is 5.06. The molecule has 1 aromatic carbocycles. The second kappa shape index (κ2) is 8.36. The first-order valence-electron chi connectivity index (χ1n) is 6.93. The third-order valence-electron chi connectivity index (χ3n) is 3.98. The molecule has 0 aliphatic heterocycles. The zero-order valence-electron chi connectivity index (χ0n) is 13.0. The quantitative estimate of drug-likeness (QED) is 0.864. The number of amides is 1. The molecule has 124 valence electrons. The van der Waals surface area contributed by atoms with E-state index in [2.05, 4.69) is 10.3 Å². The Morgan fingerprint density at radius 1 is 1.32 bits per heavy atom. The third-order valence-corrected chi connectivity index (χ3v) is 3.98. The predicted molar refractivity (Wildman–Crippen MR) is 93.9 cm³/mol. The summed E-state index contributed by atoms with van der Waals surface area (Å²) in [6.07, 6.45) is 1.44. The maximum Gasteiger partial charge on any atom is 0.231 e. The Kier molecular flexibility index (Phi) is 7.87. The Bertz CT molecular complexity index is 616. The van der Waals surface area contributed by atoms with E-state index in [0.29, 0.717) is 23.7 Å². The van der Waals surface area contributed by atoms with Crippen molar-refractivity contribution in [2.75, 3.05) is 11.9 Å². The first-order valence-corrected chi connectivity index (χ1v) is 6.93. The number of nitrogens with two attached hydrogens (primary N) is 1. The predicted octanol–water partition coefficient (Wildman–Crippen LogP) is 3.68. The van der Waals surface area contributed by atoms with Crippen LogP contribution in [0.3, 0.4) is 0 Å². The minimum absolute atomic E-state index is 0. The number of aromatic nitrogens is 1. The monoisotopic (exact) mass is 347 g/mol. The number of fused-ring (bicyclic) bond motifs is 1. The van der Waals surface area contributed by atoms with E-state index >= 15 is 0 Å². The molecule has 0 radical (unpaired) electrons. The molecule has 0 saturated carbocycles. The number of oxazole rings is 1. The summed E-state index contributed by atoms with van der Waals surface area (Å²) >= 11 is 0. The van der Waals surface area contributed by atoms with Crippen LogP contribution in [0.1, 0.15) is 32.6 Å². The molecular formula is C15H23Cl2N3O2. The van der Waals surface area contributed by atoms with Crippen LogP contribution >= 0.6 is 24.8 Å². The van der Waals surface area contributed by atoms with E-state index in [9.17, 15) is 4.79 Å². The van der Waals surface area contributed by atoms with E-state index in [0.717, 1.165) is 18.4 Å². The van der Waals surface area contributed by atoms with Gasteiger partial charge in [-0.05, 0) is 25.0 Å². The van der Waals surface area contributed by atoms with E-state index in [1.165, 1.54) is 0 Å². The third kappa shape index (κ3) is 3.91. The summed E-state index contributed by atoms with van der Waals surface area (Å²) in [5.74, 6) is 0.572. The van der Waals surface area contributed by atoms with Crippen LogP contribution in [0, 0.1) is 12.3 Å². The van der Waals surface area contributed by atoms with Crippen LogP contribution in [0.25, 0.3) is 11.1 Å². The lowest BCUT2D eigenvalue weighted by Gasteiger charge is -2.28. The molecule has 1 heterocycles. The average Bonchev–Trinajstić information content (AvgIpc) is 2.81. The maximum atomic E-state index is 12.4. The van der Waals surface area contributed by atoms with Crippen LogP contribution in [-0.2, 0) is 4.79 Å². The van der Waals surface area contributed by atoms with Crippen molar-refractivity contribution in [1.29, 1.82) is 0 Å². The summed E-state index contributed by atoms with van der Waals surface area (Å²) in [5.41, 5.74) is 7.45. The highest BCUT2D eigenvalue weighted by atomic mass is 35.5. The van der Waals surface area contributed by atoms with Gasteiger partial charge in [-0.3, -0.25) is 4.79 Å². The van der Waals surface area contributed by atoms with E-state index < -0.39 is 5.41 Å². The normalized spacial score (nSPS) is 10.7. The Hall–Kier alpha value is -1.30. The standard InChI is InChI=1S/C15H21N3O2.2ClH/c1-4-15(5-2,9-16)14(19)18-11-6-7-12-13(8-11)20-10(3)17-12;;/h6-8H,4-5,9,16H2,1-3H3,(H,18,19);2*1H. The zero-order valence-corrected chi connectivity index (χ0v) is 14.6. The van der Waals surface area contributed by atoms with Crippen LogP contribution < -0.4 is 11.1 Å². The van der Waals surface area contributed by atoms with Crippen molar-refractivity contribution in [3.05, 3.63) is 24.1 Å². The lowest BCUT2D eigenvalue weighted by molar-refractivity contribution is -0.125. The number of rotatable bonds is 5. The summed E-state index contributed by atoms with van der Waals surface area (Å²) in [6.45, 7) is 6.11. The Morgan fingerprint density at radius 2 is 1.95 bits per heavy atom. The SMILES string of the molecule is CCC(CC)(CN)C(=O)Nc1ccc2nc(C)oc2c1.Cl.Cl. The fraction of sp³-hybridized carbons (Fsp3) is 0.467. The van der Waals surface area contributed by atoms with Crippen LogP contribution in [0.15, 0.2) is 22.6 Å². The maximum absolute atomic E-state index is 12.4. The Labute approximate surface area is 142 Å². The van der Waals surface area contributed by atoms with Gasteiger partial charge < -0.3 is 15.5 Å². The fourth-order valence-corrected chi connectivity index (χ4v) is 2.33. The van der Waals surface area contributed by atoms with E-state index in [1.807, 2.05) is 26.0 Å². The van der Waals surface area contributed by atoms with Gasteiger partial charge in [0, 0.05) is 25.2 Å². The van der Waals surface area contributed by atoms with Crippen molar-refractivity contribution in [1.82, 2.24) is 4.98 Å². The van der Waals surface area contributed by atoms with Crippen LogP contribution in [0.2, 0.25) is 0 Å². The summed E-state index contributed by atoms with van der Waals surface area (Å²) in [5, 5.41) is 2.93. The molecule has 2 rings (SSSR count). The van der Waals surface area contributed by atoms with E-state index in [4.69, 9.17) is 10.2 Å². The summed E-state index contributed by atoms with van der Waals surface area (Å²) in [6, 6.07) is 5.46. The van der Waals surface area contributed by atoms with Crippen LogP contribution in [-0.4, -0.2) is 17.4 Å². The van der Waals surface area contributed by atoms with E-state index in [-0.39, 0.29) is 30.7 Å². The van der Waals surface area contributed by atoms with Gasteiger partial charge >= 0.3 is 0 Å². The number of benzene rings is 1. The first-order chi connectivity index (χ1) is 9.54. The zero-order chi connectivity index (χ0) is 14.8. The molecule has 0 aliphatic rings. The number of nitrogens with zero attached hydrogens (tertiary/aromatic N) is 1. The first kappa shape index (κ1) is 20.7. The molecule has 0 spiro atoms. The number of nitrogens with one attached hydrogen (secondary N) is 1. The minimum atomic E-state index is -0.508. The van der Waals surface area contributed by atoms with Gasteiger partial charge in [0.2, 0.25) is 5.91 Å². The second-order valence-electron chi connectivity index (χ2n) is 5.06. The van der Waals surface area contributed by atoms with Crippen molar-refractivity contribution in [3.8, 4) is 0 Å². The molecule has 0 unspecified atom stereocenters. The molecular weight excluding hydrogens is 325 g/mol. The van der Waals surface area contributed by atoms with Crippen LogP contribution in [0.4, 0.5) is 5.69 Å². The average molecular weight is 348 g/mol. The topological polar surface area (TPSA) is 81.2 Å². The number of carbonyl (C=O) groups excluding carboxylic acids is 1. The molecule has 22 heavy (non-hydrogen) atoms. The highest BCUT2D eigenvalue weighted by molar-refractivity contribution is 5.96. The molecule has 0 atom stereocenters. The molecule has 0 fully saturated rings. The number of anilines is 1. The number of hydrogen-bond donors (Lipinski definition) is 2. The summed E-state index contributed by atoms with van der Waals surface area (Å²) in [7, 11) is 0. The minimum Gasteiger partial charge on any atom is -0.441 e. The fourth-order valence-electron chi connectivity index (χ4n) is 2.33. The molecule has 3 N–H and O–H groups in total. The molecule has 7 heteroatoms. The van der Waals surface area contributed by atoms with Crippen molar-refractivity contribution >= 4 is 47.5 Å². The Balaban J connectivity index is 0.00000220. The summed E-state index contributed by atoms with van der Waals surface area (Å²) in [4.78, 5) is 16.7. The van der Waals surface area contributed by atoms with Gasteiger partial charge in [0.05, 0.1) is 5.41 Å². The van der Waals surface area contributed by atoms with Gasteiger partial charge in [0.1, 0.15) is 5.52 Å². The van der Waals surface area contributed by atoms with Gasteiger partial charge in [0.15, 0.2) is 11.5 Å². The number of carbonyl (C=O) groups is 1. The van der Waals surface area contributed by atoms with E-state index in [1.54, 1.807) is 13.0 Å². The highest BCUT2D eigenvalue weighted by Gasteiger charge is 2.33. The van der Waals surface area contributed by atoms with Gasteiger partial charge in [-0.1, -0.05) is 13.8 Å². The van der Waals surface area contributed by atoms with Gasteiger partial charge in [-0.15, -0.1) is 24.8 Å². The molecule has 0 saturated heterocycles. The number of aryl methyl sites for hydroxylation is 1. The molecule has 0 bridgehead atoms. The van der Waals surface area contributed by atoms with Gasteiger partial charge in [-0.25, -0.2) is 4.98 Å². The summed E-state index contributed by atoms with van der Waals surface area (Å²) < 4.78 is 5.47. The molecule has 1 amide bonds. The Morgan fingerprint density at radius 3 is 2.50 bits per heavy atom. The van der Waals surface area contributed by atoms with Crippen molar-refractivity contribution in [2.45, 2.75) is 33.6 Å². The van der Waals surface area contributed by atoms with Crippen molar-refractivity contribution in [2.24, 2.45) is 11.1 Å². The number of halogens is 2. The number of hydrogen-bond acceptors (Lipinski definition) is 4. The van der Waals surface area contributed by atoms with Gasteiger partial charge in [-0.2, -0.15) is 0 Å². The van der Waals surface area contributed by atoms with Gasteiger partial charge in [0.25, 0.3) is 0 Å².